The first-order valence-corrected chi connectivity index (χ1v) is 8.42. The number of aryl methyl sites for hydroxylation is 1. The van der Waals surface area contributed by atoms with Gasteiger partial charge in [0.25, 0.3) is 5.56 Å². The molecule has 2 aliphatic rings. The van der Waals surface area contributed by atoms with E-state index in [1.54, 1.807) is 19.2 Å². The Morgan fingerprint density at radius 3 is 2.58 bits per heavy atom. The lowest BCUT2D eigenvalue weighted by atomic mass is 10.1. The molecule has 2 aromatic rings. The Kier molecular flexibility index (Phi) is 3.80. The van der Waals surface area contributed by atoms with Gasteiger partial charge in [0.1, 0.15) is 0 Å². The third kappa shape index (κ3) is 3.03. The maximum absolute atomic E-state index is 11.4. The van der Waals surface area contributed by atoms with Gasteiger partial charge in [0.05, 0.1) is 11.4 Å². The summed E-state index contributed by atoms with van der Waals surface area (Å²) in [5.74, 6) is 1.61. The highest BCUT2D eigenvalue weighted by molar-refractivity contribution is 5.42. The van der Waals surface area contributed by atoms with Crippen LogP contribution in [0, 0.1) is 0 Å². The largest absolute Gasteiger partial charge is 0.352 e. The first kappa shape index (κ1) is 15.3. The molecule has 7 heteroatoms. The lowest BCUT2D eigenvalue weighted by Crippen LogP contribution is -2.58. The van der Waals surface area contributed by atoms with Crippen LogP contribution in [0.25, 0.3) is 0 Å². The zero-order chi connectivity index (χ0) is 16.7. The fraction of sp³-hybridized carbons (Fsp3) is 0.529. The van der Waals surface area contributed by atoms with Crippen molar-refractivity contribution in [3.63, 3.8) is 0 Å². The first-order valence-electron chi connectivity index (χ1n) is 8.42. The van der Waals surface area contributed by atoms with E-state index in [0.29, 0.717) is 12.0 Å². The molecular weight excluding hydrogens is 304 g/mol. The van der Waals surface area contributed by atoms with Gasteiger partial charge in [0.15, 0.2) is 5.82 Å². The highest BCUT2D eigenvalue weighted by Crippen LogP contribution is 2.38. The predicted molar refractivity (Wildman–Crippen MR) is 91.0 cm³/mol. The van der Waals surface area contributed by atoms with Gasteiger partial charge in [-0.3, -0.25) is 9.69 Å². The van der Waals surface area contributed by atoms with Crippen molar-refractivity contribution in [1.82, 2.24) is 24.9 Å². The Balaban J connectivity index is 1.32. The van der Waals surface area contributed by atoms with Crippen LogP contribution in [0.2, 0.25) is 0 Å². The van der Waals surface area contributed by atoms with Crippen LogP contribution in [0.5, 0.6) is 0 Å². The molecule has 2 aromatic heterocycles. The van der Waals surface area contributed by atoms with E-state index in [1.807, 2.05) is 0 Å². The summed E-state index contributed by atoms with van der Waals surface area (Å²) in [7, 11) is 3.78. The second-order valence-corrected chi connectivity index (χ2v) is 6.85. The fourth-order valence-electron chi connectivity index (χ4n) is 3.04. The van der Waals surface area contributed by atoms with E-state index in [9.17, 15) is 4.79 Å². The van der Waals surface area contributed by atoms with Gasteiger partial charge in [-0.1, -0.05) is 0 Å². The summed E-state index contributed by atoms with van der Waals surface area (Å²) in [6.07, 6.45) is 2.51. The molecule has 0 amide bonds. The second kappa shape index (κ2) is 5.98. The average molecular weight is 326 g/mol. The summed E-state index contributed by atoms with van der Waals surface area (Å²) >= 11 is 0. The number of nitrogens with zero attached hydrogens (tertiary/aromatic N) is 6. The third-order valence-corrected chi connectivity index (χ3v) is 4.90. The number of rotatable bonds is 5. The molecule has 0 radical (unpaired) electrons. The van der Waals surface area contributed by atoms with Crippen molar-refractivity contribution >= 4 is 5.82 Å². The molecule has 0 atom stereocenters. The molecule has 0 bridgehead atoms. The molecule has 3 heterocycles. The van der Waals surface area contributed by atoms with Gasteiger partial charge in [-0.25, -0.2) is 4.68 Å². The van der Waals surface area contributed by atoms with E-state index >= 15 is 0 Å². The topological polar surface area (TPSA) is 67.2 Å². The third-order valence-electron chi connectivity index (χ3n) is 4.90. The number of likely N-dealkylation sites (N-methyl/N-ethyl adjacent to an activating group) is 1. The zero-order valence-electron chi connectivity index (χ0n) is 14.1. The molecule has 2 fully saturated rings. The van der Waals surface area contributed by atoms with Crippen LogP contribution in [0.4, 0.5) is 5.82 Å². The minimum Gasteiger partial charge on any atom is -0.352 e. The summed E-state index contributed by atoms with van der Waals surface area (Å²) in [6, 6.07) is 8.04. The highest BCUT2D eigenvalue weighted by Gasteiger charge is 2.32. The Morgan fingerprint density at radius 2 is 1.96 bits per heavy atom. The van der Waals surface area contributed by atoms with E-state index in [-0.39, 0.29) is 5.56 Å². The van der Waals surface area contributed by atoms with E-state index in [0.717, 1.165) is 36.8 Å². The van der Waals surface area contributed by atoms with Crippen LogP contribution >= 0.6 is 0 Å². The van der Waals surface area contributed by atoms with Crippen LogP contribution in [-0.2, 0) is 13.6 Å². The van der Waals surface area contributed by atoms with Gasteiger partial charge in [-0.15, -0.1) is 5.10 Å². The van der Waals surface area contributed by atoms with Crippen LogP contribution in [-0.4, -0.2) is 51.1 Å². The zero-order valence-corrected chi connectivity index (χ0v) is 14.1. The molecular formula is C17H22N6O. The lowest BCUT2D eigenvalue weighted by molar-refractivity contribution is 0.193. The number of hydrogen-bond donors (Lipinski definition) is 0. The van der Waals surface area contributed by atoms with Gasteiger partial charge < -0.3 is 4.90 Å². The Labute approximate surface area is 140 Å². The predicted octanol–water partition coefficient (Wildman–Crippen LogP) is 0.768. The maximum Gasteiger partial charge on any atom is 0.266 e. The van der Waals surface area contributed by atoms with Crippen molar-refractivity contribution in [2.24, 2.45) is 7.05 Å². The van der Waals surface area contributed by atoms with Crippen molar-refractivity contribution in [3.05, 3.63) is 46.0 Å². The quantitative estimate of drug-likeness (QED) is 0.808. The summed E-state index contributed by atoms with van der Waals surface area (Å²) < 4.78 is 1.38. The summed E-state index contributed by atoms with van der Waals surface area (Å²) in [5.41, 5.74) is 1.96. The maximum atomic E-state index is 11.4. The standard InChI is InChI=1S/C17H22N6O/c1-21(9-13-5-8-17(24)22(2)20-13)14-10-23(11-14)16-7-6-15(18-19-16)12-3-4-12/h5-8,12,14H,3-4,9-11H2,1-2H3. The number of aromatic nitrogens is 4. The molecule has 126 valence electrons. The normalized spacial score (nSPS) is 18.0. The Bertz CT molecular complexity index is 776. The number of anilines is 1. The number of hydrogen-bond acceptors (Lipinski definition) is 6. The van der Waals surface area contributed by atoms with Gasteiger partial charge in [0.2, 0.25) is 0 Å². The smallest absolute Gasteiger partial charge is 0.266 e. The van der Waals surface area contributed by atoms with E-state index in [4.69, 9.17) is 0 Å². The average Bonchev–Trinajstić information content (AvgIpc) is 3.35. The first-order chi connectivity index (χ1) is 11.6. The van der Waals surface area contributed by atoms with Gasteiger partial charge >= 0.3 is 0 Å². The van der Waals surface area contributed by atoms with E-state index in [2.05, 4.69) is 44.3 Å². The minimum atomic E-state index is -0.0792. The van der Waals surface area contributed by atoms with Crippen LogP contribution in [0.15, 0.2) is 29.1 Å². The molecule has 24 heavy (non-hydrogen) atoms. The molecule has 0 N–H and O–H groups in total. The van der Waals surface area contributed by atoms with E-state index < -0.39 is 0 Å². The van der Waals surface area contributed by atoms with Crippen LogP contribution in [0.3, 0.4) is 0 Å². The molecule has 0 spiro atoms. The minimum absolute atomic E-state index is 0.0792. The molecule has 7 nitrogen and oxygen atoms in total. The van der Waals surface area contributed by atoms with Crippen molar-refractivity contribution in [2.75, 3.05) is 25.0 Å². The highest BCUT2D eigenvalue weighted by atomic mass is 16.1. The Morgan fingerprint density at radius 1 is 1.17 bits per heavy atom. The van der Waals surface area contributed by atoms with Crippen molar-refractivity contribution in [1.29, 1.82) is 0 Å². The monoisotopic (exact) mass is 326 g/mol. The summed E-state index contributed by atoms with van der Waals surface area (Å²) in [5, 5.41) is 13.0. The summed E-state index contributed by atoms with van der Waals surface area (Å²) in [6.45, 7) is 2.62. The lowest BCUT2D eigenvalue weighted by Gasteiger charge is -2.44. The SMILES string of the molecule is CN(Cc1ccc(=O)n(C)n1)C1CN(c2ccc(C3CC3)nn2)C1. The molecule has 1 aliphatic heterocycles. The second-order valence-electron chi connectivity index (χ2n) is 6.85. The molecule has 0 aromatic carbocycles. The fourth-order valence-corrected chi connectivity index (χ4v) is 3.04. The van der Waals surface area contributed by atoms with Crippen LogP contribution in [0.1, 0.15) is 30.1 Å². The van der Waals surface area contributed by atoms with E-state index in [1.165, 1.54) is 17.5 Å². The summed E-state index contributed by atoms with van der Waals surface area (Å²) in [4.78, 5) is 15.9. The van der Waals surface area contributed by atoms with Crippen molar-refractivity contribution < 1.29 is 0 Å². The molecule has 1 saturated heterocycles. The van der Waals surface area contributed by atoms with Crippen molar-refractivity contribution in [3.8, 4) is 0 Å². The molecule has 4 rings (SSSR count). The molecule has 1 saturated carbocycles. The molecule has 0 unspecified atom stereocenters. The van der Waals surface area contributed by atoms with Gasteiger partial charge in [-0.2, -0.15) is 10.2 Å². The van der Waals surface area contributed by atoms with Gasteiger partial charge in [-0.05, 0) is 38.1 Å². The Hall–Kier alpha value is -2.28. The van der Waals surface area contributed by atoms with Crippen LogP contribution < -0.4 is 10.5 Å². The van der Waals surface area contributed by atoms with Crippen molar-refractivity contribution in [2.45, 2.75) is 31.3 Å². The molecule has 1 aliphatic carbocycles. The van der Waals surface area contributed by atoms with Gasteiger partial charge in [0, 0.05) is 44.7 Å².